The minimum absolute atomic E-state index is 0.0616. The van der Waals surface area contributed by atoms with Crippen LogP contribution in [0.5, 0.6) is 0 Å². The van der Waals surface area contributed by atoms with Crippen molar-refractivity contribution in [3.63, 3.8) is 0 Å². The van der Waals surface area contributed by atoms with E-state index in [4.69, 9.17) is 9.26 Å². The van der Waals surface area contributed by atoms with Crippen LogP contribution in [-0.2, 0) is 17.7 Å². The normalized spacial score (nSPS) is 17.6. The molecule has 4 rings (SSSR count). The molecule has 0 aromatic carbocycles. The maximum atomic E-state index is 5.59. The molecule has 1 atom stereocenters. The van der Waals surface area contributed by atoms with Crippen molar-refractivity contribution in [1.29, 1.82) is 0 Å². The fourth-order valence-electron chi connectivity index (χ4n) is 3.08. The van der Waals surface area contributed by atoms with Gasteiger partial charge >= 0.3 is 0 Å². The van der Waals surface area contributed by atoms with Crippen molar-refractivity contribution in [3.8, 4) is 11.5 Å². The van der Waals surface area contributed by atoms with Crippen LogP contribution in [0.15, 0.2) is 23.0 Å². The van der Waals surface area contributed by atoms with E-state index >= 15 is 0 Å². The topological polar surface area (TPSA) is 94.7 Å². The maximum Gasteiger partial charge on any atom is 0.255 e. The van der Waals surface area contributed by atoms with Gasteiger partial charge in [0.2, 0.25) is 0 Å². The van der Waals surface area contributed by atoms with Gasteiger partial charge in [-0.25, -0.2) is 4.98 Å². The van der Waals surface area contributed by atoms with Crippen LogP contribution >= 0.6 is 0 Å². The van der Waals surface area contributed by atoms with Crippen molar-refractivity contribution >= 4 is 0 Å². The highest BCUT2D eigenvalue weighted by Crippen LogP contribution is 2.27. The summed E-state index contributed by atoms with van der Waals surface area (Å²) in [5, 5.41) is 11.5. The largest absolute Gasteiger partial charge is 0.368 e. The summed E-state index contributed by atoms with van der Waals surface area (Å²) in [6.45, 7) is 5.61. The molecule has 1 saturated heterocycles. The van der Waals surface area contributed by atoms with Gasteiger partial charge in [-0.15, -0.1) is 0 Å². The third-order valence-electron chi connectivity index (χ3n) is 4.20. The van der Waals surface area contributed by atoms with Gasteiger partial charge < -0.3 is 13.8 Å². The van der Waals surface area contributed by atoms with E-state index in [0.29, 0.717) is 24.2 Å². The van der Waals surface area contributed by atoms with E-state index in [2.05, 4.69) is 39.2 Å². The average Bonchev–Trinajstić information content (AvgIpc) is 3.35. The molecule has 0 amide bonds. The van der Waals surface area contributed by atoms with Crippen molar-refractivity contribution in [2.45, 2.75) is 45.8 Å². The average molecular weight is 342 g/mol. The molecule has 0 unspecified atom stereocenters. The van der Waals surface area contributed by atoms with Crippen LogP contribution in [-0.4, -0.2) is 36.5 Å². The van der Waals surface area contributed by atoms with Crippen LogP contribution < -0.4 is 0 Å². The lowest BCUT2D eigenvalue weighted by Gasteiger charge is -2.03. The Kier molecular flexibility index (Phi) is 4.35. The molecular weight excluding hydrogens is 320 g/mol. The summed E-state index contributed by atoms with van der Waals surface area (Å²) in [7, 11) is 0. The van der Waals surface area contributed by atoms with Crippen molar-refractivity contribution in [1.82, 2.24) is 29.9 Å². The standard InChI is InChI=1S/C17H22N6O2/c1-11(2)8-12-9-13(21-20-12)16-18-5-6-23(16)10-15-19-17(25-22-15)14-4-3-7-24-14/h5-6,9,11,14H,3-4,7-8,10H2,1-2H3,(H,20,21)/t14-/m0/s1. The lowest BCUT2D eigenvalue weighted by Crippen LogP contribution is -2.03. The van der Waals surface area contributed by atoms with Crippen molar-refractivity contribution in [2.75, 3.05) is 6.61 Å². The van der Waals surface area contributed by atoms with Crippen molar-refractivity contribution < 1.29 is 9.26 Å². The molecule has 3 aromatic heterocycles. The van der Waals surface area contributed by atoms with Gasteiger partial charge in [0.15, 0.2) is 11.6 Å². The third kappa shape index (κ3) is 3.48. The van der Waals surface area contributed by atoms with Gasteiger partial charge in [0.25, 0.3) is 5.89 Å². The monoisotopic (exact) mass is 342 g/mol. The molecule has 0 aliphatic carbocycles. The van der Waals surface area contributed by atoms with Crippen molar-refractivity contribution in [2.24, 2.45) is 5.92 Å². The molecular formula is C17H22N6O2. The van der Waals surface area contributed by atoms with Crippen LogP contribution in [0.2, 0.25) is 0 Å². The van der Waals surface area contributed by atoms with Crippen LogP contribution in [0.25, 0.3) is 11.5 Å². The highest BCUT2D eigenvalue weighted by atomic mass is 16.5. The first-order chi connectivity index (χ1) is 12.2. The molecule has 25 heavy (non-hydrogen) atoms. The molecule has 1 N–H and O–H groups in total. The number of imidazole rings is 1. The minimum atomic E-state index is -0.0616. The third-order valence-corrected chi connectivity index (χ3v) is 4.20. The molecule has 132 valence electrons. The molecule has 0 bridgehead atoms. The Morgan fingerprint density at radius 1 is 1.40 bits per heavy atom. The summed E-state index contributed by atoms with van der Waals surface area (Å²) < 4.78 is 12.9. The molecule has 1 aliphatic heterocycles. The predicted molar refractivity (Wildman–Crippen MR) is 89.7 cm³/mol. The highest BCUT2D eigenvalue weighted by Gasteiger charge is 2.24. The van der Waals surface area contributed by atoms with Gasteiger partial charge in [0, 0.05) is 24.7 Å². The number of hydrogen-bond donors (Lipinski definition) is 1. The first kappa shape index (κ1) is 16.0. The number of rotatable bonds is 6. The zero-order valence-corrected chi connectivity index (χ0v) is 14.5. The van der Waals surface area contributed by atoms with Crippen molar-refractivity contribution in [3.05, 3.63) is 35.9 Å². The Morgan fingerprint density at radius 2 is 2.32 bits per heavy atom. The smallest absolute Gasteiger partial charge is 0.255 e. The second kappa shape index (κ2) is 6.79. The number of H-pyrrole nitrogens is 1. The molecule has 0 spiro atoms. The molecule has 8 nitrogen and oxygen atoms in total. The number of aromatic nitrogens is 6. The number of hydrogen-bond acceptors (Lipinski definition) is 6. The van der Waals surface area contributed by atoms with Gasteiger partial charge in [0.1, 0.15) is 11.8 Å². The van der Waals surface area contributed by atoms with E-state index < -0.39 is 0 Å². The molecule has 1 aliphatic rings. The van der Waals surface area contributed by atoms with E-state index in [-0.39, 0.29) is 6.10 Å². The molecule has 8 heteroatoms. The van der Waals surface area contributed by atoms with Crippen LogP contribution in [0, 0.1) is 5.92 Å². The molecule has 4 heterocycles. The Morgan fingerprint density at radius 3 is 3.12 bits per heavy atom. The maximum absolute atomic E-state index is 5.59. The Bertz CT molecular complexity index is 828. The minimum Gasteiger partial charge on any atom is -0.368 e. The number of ether oxygens (including phenoxy) is 1. The SMILES string of the molecule is CC(C)Cc1cc(-c2nccn2Cc2noc([C@@H]3CCCO3)n2)n[nH]1. The first-order valence-corrected chi connectivity index (χ1v) is 8.69. The first-order valence-electron chi connectivity index (χ1n) is 8.69. The summed E-state index contributed by atoms with van der Waals surface area (Å²) >= 11 is 0. The summed E-state index contributed by atoms with van der Waals surface area (Å²) in [5.41, 5.74) is 1.93. The van der Waals surface area contributed by atoms with Gasteiger partial charge in [0.05, 0.1) is 6.54 Å². The van der Waals surface area contributed by atoms with Gasteiger partial charge in [-0.05, 0) is 31.2 Å². The number of nitrogens with zero attached hydrogens (tertiary/aromatic N) is 5. The van der Waals surface area contributed by atoms with Gasteiger partial charge in [-0.1, -0.05) is 19.0 Å². The Balaban J connectivity index is 1.51. The quantitative estimate of drug-likeness (QED) is 0.740. The number of aromatic amines is 1. The fourth-order valence-corrected chi connectivity index (χ4v) is 3.08. The molecule has 0 radical (unpaired) electrons. The van der Waals surface area contributed by atoms with Gasteiger partial charge in [-0.3, -0.25) is 5.10 Å². The highest BCUT2D eigenvalue weighted by molar-refractivity contribution is 5.50. The summed E-state index contributed by atoms with van der Waals surface area (Å²) in [5.74, 6) is 2.54. The second-order valence-corrected chi connectivity index (χ2v) is 6.81. The molecule has 3 aromatic rings. The lowest BCUT2D eigenvalue weighted by molar-refractivity contribution is 0.0835. The lowest BCUT2D eigenvalue weighted by atomic mass is 10.1. The van der Waals surface area contributed by atoms with Crippen LogP contribution in [0.1, 0.15) is 50.2 Å². The number of nitrogens with one attached hydrogen (secondary N) is 1. The molecule has 1 fully saturated rings. The van der Waals surface area contributed by atoms with Gasteiger partial charge in [-0.2, -0.15) is 10.1 Å². The van der Waals surface area contributed by atoms with E-state index in [9.17, 15) is 0 Å². The van der Waals surface area contributed by atoms with E-state index in [1.54, 1.807) is 6.20 Å². The predicted octanol–water partition coefficient (Wildman–Crippen LogP) is 2.75. The Labute approximate surface area is 145 Å². The summed E-state index contributed by atoms with van der Waals surface area (Å²) in [6, 6.07) is 2.05. The summed E-state index contributed by atoms with van der Waals surface area (Å²) in [4.78, 5) is 8.90. The fraction of sp³-hybridized carbons (Fsp3) is 0.529. The van der Waals surface area contributed by atoms with Crippen LogP contribution in [0.4, 0.5) is 0 Å². The van der Waals surface area contributed by atoms with E-state index in [1.807, 2.05) is 16.8 Å². The molecule has 0 saturated carbocycles. The van der Waals surface area contributed by atoms with Crippen LogP contribution in [0.3, 0.4) is 0 Å². The van der Waals surface area contributed by atoms with E-state index in [0.717, 1.165) is 43.1 Å². The zero-order chi connectivity index (χ0) is 17.2. The zero-order valence-electron chi connectivity index (χ0n) is 14.5. The second-order valence-electron chi connectivity index (χ2n) is 6.81. The van der Waals surface area contributed by atoms with E-state index in [1.165, 1.54) is 0 Å². The summed E-state index contributed by atoms with van der Waals surface area (Å²) in [6.07, 6.45) is 6.52. The Hall–Kier alpha value is -2.48.